The molecule has 0 spiro atoms. The number of benzene rings is 1. The predicted octanol–water partition coefficient (Wildman–Crippen LogP) is 4.66. The number of aromatic nitrogens is 2. The van der Waals surface area contributed by atoms with Crippen molar-refractivity contribution in [2.75, 3.05) is 11.5 Å². The second-order valence-corrected chi connectivity index (χ2v) is 8.79. The van der Waals surface area contributed by atoms with Gasteiger partial charge in [-0.15, -0.1) is 10.2 Å². The summed E-state index contributed by atoms with van der Waals surface area (Å²) in [6.45, 7) is 4.08. The topological polar surface area (TPSA) is 54.9 Å². The first-order valence-electron chi connectivity index (χ1n) is 7.22. The SMILES string of the molecule is CCCSc1nnc(SCC(=O)N[C@@H](C)c2cccc(Cl)c2)s1. The summed E-state index contributed by atoms with van der Waals surface area (Å²) in [6.07, 6.45) is 1.11. The number of carbonyl (C=O) groups excluding carboxylic acids is 1. The standard InChI is InChI=1S/C15H18ClN3OS3/c1-3-7-21-14-18-19-15(23-14)22-9-13(20)17-10(2)11-5-4-6-12(16)8-11/h4-6,8,10H,3,7,9H2,1-2H3,(H,17,20)/t10-/m0/s1. The van der Waals surface area contributed by atoms with Gasteiger partial charge < -0.3 is 5.32 Å². The summed E-state index contributed by atoms with van der Waals surface area (Å²) in [6, 6.07) is 7.44. The lowest BCUT2D eigenvalue weighted by atomic mass is 10.1. The number of hydrogen-bond donors (Lipinski definition) is 1. The molecule has 8 heteroatoms. The van der Waals surface area contributed by atoms with Crippen LogP contribution in [0.1, 0.15) is 31.9 Å². The molecule has 0 aliphatic heterocycles. The molecule has 0 saturated heterocycles. The number of hydrogen-bond acceptors (Lipinski definition) is 6. The summed E-state index contributed by atoms with van der Waals surface area (Å²) < 4.78 is 1.79. The summed E-state index contributed by atoms with van der Waals surface area (Å²) in [5.74, 6) is 1.34. The normalized spacial score (nSPS) is 12.1. The Morgan fingerprint density at radius 3 is 2.78 bits per heavy atom. The molecule has 2 rings (SSSR count). The first kappa shape index (κ1) is 18.6. The molecule has 2 aromatic rings. The van der Waals surface area contributed by atoms with Gasteiger partial charge in [0.1, 0.15) is 0 Å². The van der Waals surface area contributed by atoms with Crippen LogP contribution in [0.25, 0.3) is 0 Å². The summed E-state index contributed by atoms with van der Waals surface area (Å²) in [5, 5.41) is 11.9. The maximum atomic E-state index is 12.1. The average Bonchev–Trinajstić information content (AvgIpc) is 2.99. The molecule has 124 valence electrons. The summed E-state index contributed by atoms with van der Waals surface area (Å²) >= 11 is 10.6. The van der Waals surface area contributed by atoms with Crippen molar-refractivity contribution in [3.05, 3.63) is 34.9 Å². The van der Waals surface area contributed by atoms with E-state index in [1.165, 1.54) is 23.1 Å². The maximum absolute atomic E-state index is 12.1. The molecule has 1 amide bonds. The molecule has 1 heterocycles. The number of nitrogens with zero attached hydrogens (tertiary/aromatic N) is 2. The minimum absolute atomic E-state index is 0.0274. The minimum Gasteiger partial charge on any atom is -0.349 e. The highest BCUT2D eigenvalue weighted by Crippen LogP contribution is 2.29. The Hall–Kier alpha value is -0.760. The lowest BCUT2D eigenvalue weighted by Gasteiger charge is -2.14. The second kappa shape index (κ2) is 9.52. The van der Waals surface area contributed by atoms with Crippen LogP contribution in [0.15, 0.2) is 32.9 Å². The molecule has 1 aromatic heterocycles. The van der Waals surface area contributed by atoms with Crippen LogP contribution in [0.3, 0.4) is 0 Å². The molecule has 23 heavy (non-hydrogen) atoms. The van der Waals surface area contributed by atoms with Gasteiger partial charge in [0.15, 0.2) is 8.68 Å². The van der Waals surface area contributed by atoms with Crippen molar-refractivity contribution in [1.29, 1.82) is 0 Å². The minimum atomic E-state index is -0.0770. The average molecular weight is 388 g/mol. The number of carbonyl (C=O) groups is 1. The molecular formula is C15H18ClN3OS3. The van der Waals surface area contributed by atoms with Gasteiger partial charge >= 0.3 is 0 Å². The number of thioether (sulfide) groups is 2. The lowest BCUT2D eigenvalue weighted by molar-refractivity contribution is -0.119. The van der Waals surface area contributed by atoms with Crippen LogP contribution in [-0.4, -0.2) is 27.6 Å². The number of halogens is 1. The summed E-state index contributed by atoms with van der Waals surface area (Å²) in [4.78, 5) is 12.1. The van der Waals surface area contributed by atoms with E-state index in [-0.39, 0.29) is 11.9 Å². The van der Waals surface area contributed by atoms with Crippen LogP contribution in [0.4, 0.5) is 0 Å². The summed E-state index contributed by atoms with van der Waals surface area (Å²) in [7, 11) is 0. The fourth-order valence-electron chi connectivity index (χ4n) is 1.77. The van der Waals surface area contributed by atoms with Crippen LogP contribution < -0.4 is 5.32 Å². The molecule has 1 atom stereocenters. The van der Waals surface area contributed by atoms with Crippen molar-refractivity contribution >= 4 is 52.4 Å². The Bertz CT molecular complexity index is 650. The van der Waals surface area contributed by atoms with Crippen LogP contribution >= 0.6 is 46.5 Å². The van der Waals surface area contributed by atoms with Gasteiger partial charge in [0.05, 0.1) is 11.8 Å². The van der Waals surface area contributed by atoms with Gasteiger partial charge in [-0.3, -0.25) is 4.79 Å². The molecule has 0 saturated carbocycles. The first-order chi connectivity index (χ1) is 11.1. The van der Waals surface area contributed by atoms with Gasteiger partial charge in [0.2, 0.25) is 5.91 Å². The zero-order chi connectivity index (χ0) is 16.7. The van der Waals surface area contributed by atoms with Gasteiger partial charge in [-0.25, -0.2) is 0 Å². The highest BCUT2D eigenvalue weighted by Gasteiger charge is 2.12. The fourth-order valence-corrected chi connectivity index (χ4v) is 4.73. The first-order valence-corrected chi connectivity index (χ1v) is 10.4. The van der Waals surface area contributed by atoms with E-state index >= 15 is 0 Å². The quantitative estimate of drug-likeness (QED) is 0.667. The molecular weight excluding hydrogens is 370 g/mol. The van der Waals surface area contributed by atoms with Crippen LogP contribution in [-0.2, 0) is 4.79 Å². The third-order valence-corrected chi connectivity index (χ3v) is 6.50. The third kappa shape index (κ3) is 6.33. The highest BCUT2D eigenvalue weighted by atomic mass is 35.5. The second-order valence-electron chi connectivity index (χ2n) is 4.82. The van der Waals surface area contributed by atoms with E-state index in [0.29, 0.717) is 10.8 Å². The predicted molar refractivity (Wildman–Crippen MR) is 99.7 cm³/mol. The highest BCUT2D eigenvalue weighted by molar-refractivity contribution is 8.03. The van der Waals surface area contributed by atoms with E-state index < -0.39 is 0 Å². The number of nitrogens with one attached hydrogen (secondary N) is 1. The van der Waals surface area contributed by atoms with Gasteiger partial charge in [-0.2, -0.15) is 0 Å². The van der Waals surface area contributed by atoms with Crippen molar-refractivity contribution in [1.82, 2.24) is 15.5 Å². The maximum Gasteiger partial charge on any atom is 0.230 e. The van der Waals surface area contributed by atoms with Crippen molar-refractivity contribution in [3.8, 4) is 0 Å². The number of amides is 1. The van der Waals surface area contributed by atoms with E-state index in [2.05, 4.69) is 22.4 Å². The van der Waals surface area contributed by atoms with Crippen molar-refractivity contribution < 1.29 is 4.79 Å². The van der Waals surface area contributed by atoms with E-state index in [9.17, 15) is 4.79 Å². The molecule has 0 aliphatic rings. The van der Waals surface area contributed by atoms with Gasteiger partial charge in [0, 0.05) is 10.8 Å². The van der Waals surface area contributed by atoms with Crippen LogP contribution in [0.2, 0.25) is 5.02 Å². The summed E-state index contributed by atoms with van der Waals surface area (Å²) in [5.41, 5.74) is 0.991. The Balaban J connectivity index is 1.79. The van der Waals surface area contributed by atoms with E-state index in [1.807, 2.05) is 31.2 Å². The van der Waals surface area contributed by atoms with Crippen molar-refractivity contribution in [2.45, 2.75) is 35.0 Å². The zero-order valence-corrected chi connectivity index (χ0v) is 16.1. The largest absolute Gasteiger partial charge is 0.349 e. The van der Waals surface area contributed by atoms with Crippen molar-refractivity contribution in [2.24, 2.45) is 0 Å². The van der Waals surface area contributed by atoms with Gasteiger partial charge in [-0.1, -0.05) is 65.5 Å². The Morgan fingerprint density at radius 2 is 2.09 bits per heavy atom. The number of rotatable bonds is 8. The van der Waals surface area contributed by atoms with E-state index in [0.717, 1.165) is 26.4 Å². The van der Waals surface area contributed by atoms with Crippen LogP contribution in [0.5, 0.6) is 0 Å². The van der Waals surface area contributed by atoms with E-state index in [1.54, 1.807) is 11.8 Å². The monoisotopic (exact) mass is 387 g/mol. The van der Waals surface area contributed by atoms with Crippen LogP contribution in [0, 0.1) is 0 Å². The molecule has 0 radical (unpaired) electrons. The molecule has 0 aliphatic carbocycles. The molecule has 0 bridgehead atoms. The molecule has 4 nitrogen and oxygen atoms in total. The zero-order valence-electron chi connectivity index (χ0n) is 12.9. The smallest absolute Gasteiger partial charge is 0.230 e. The molecule has 0 unspecified atom stereocenters. The van der Waals surface area contributed by atoms with Crippen molar-refractivity contribution in [3.63, 3.8) is 0 Å². The molecule has 0 fully saturated rings. The van der Waals surface area contributed by atoms with Gasteiger partial charge in [-0.05, 0) is 31.0 Å². The lowest BCUT2D eigenvalue weighted by Crippen LogP contribution is -2.28. The fraction of sp³-hybridized carbons (Fsp3) is 0.400. The molecule has 1 N–H and O–H groups in total. The third-order valence-electron chi connectivity index (χ3n) is 2.87. The Kier molecular flexibility index (Phi) is 7.69. The Labute approximate surface area is 153 Å². The van der Waals surface area contributed by atoms with E-state index in [4.69, 9.17) is 11.6 Å². The molecule has 1 aromatic carbocycles. The Morgan fingerprint density at radius 1 is 1.35 bits per heavy atom. The van der Waals surface area contributed by atoms with Gasteiger partial charge in [0.25, 0.3) is 0 Å².